The van der Waals surface area contributed by atoms with Crippen LogP contribution in [0, 0.1) is 11.5 Å². The maximum atomic E-state index is 11.1. The number of hydrogen-bond acceptors (Lipinski definition) is 5. The molecule has 138 valence electrons. The van der Waals surface area contributed by atoms with Gasteiger partial charge in [0.05, 0.1) is 0 Å². The lowest BCUT2D eigenvalue weighted by Gasteiger charge is -2.38. The Labute approximate surface area is 147 Å². The normalized spacial score (nSPS) is 12.2. The van der Waals surface area contributed by atoms with Crippen LogP contribution in [0.25, 0.3) is 0 Å². The van der Waals surface area contributed by atoms with Crippen LogP contribution in [0.4, 0.5) is 0 Å². The minimum atomic E-state index is -2.05. The first-order valence-electron chi connectivity index (χ1n) is 8.40. The molecule has 0 heterocycles. The fourth-order valence-electron chi connectivity index (χ4n) is 3.21. The van der Waals surface area contributed by atoms with E-state index in [9.17, 15) is 14.7 Å². The Kier molecular flexibility index (Phi) is 8.73. The second-order valence-electron chi connectivity index (χ2n) is 7.24. The average molecular weight is 357 g/mol. The van der Waals surface area contributed by atoms with Crippen molar-refractivity contribution in [3.8, 4) is 11.5 Å². The average Bonchev–Trinajstić information content (AvgIpc) is 2.42. The predicted octanol–water partition coefficient (Wildman–Crippen LogP) is 3.07. The summed E-state index contributed by atoms with van der Waals surface area (Å²) in [6.45, 7) is 14.9. The summed E-state index contributed by atoms with van der Waals surface area (Å²) in [5.41, 5.74) is 2.89. The molecule has 0 fully saturated rings. The molecule has 0 saturated heterocycles. The summed E-state index contributed by atoms with van der Waals surface area (Å²) in [6, 6.07) is 0. The van der Waals surface area contributed by atoms with Crippen LogP contribution in [-0.4, -0.2) is 43.9 Å². The van der Waals surface area contributed by atoms with E-state index in [1.807, 2.05) is 0 Å². The number of esters is 2. The lowest BCUT2D eigenvalue weighted by atomic mass is 10.1. The molecule has 0 aliphatic carbocycles. The van der Waals surface area contributed by atoms with Crippen molar-refractivity contribution in [2.45, 2.75) is 77.6 Å². The second kappa shape index (κ2) is 9.24. The second-order valence-corrected chi connectivity index (χ2v) is 12.8. The molecule has 0 aliphatic heterocycles. The number of hydrogen-bond donors (Lipinski definition) is 1. The van der Waals surface area contributed by atoms with Crippen molar-refractivity contribution < 1.29 is 24.2 Å². The fraction of sp³-hybridized carbons (Fsp3) is 0.778. The van der Waals surface area contributed by atoms with Gasteiger partial charge in [-0.3, -0.25) is 9.59 Å². The third-order valence-corrected chi connectivity index (χ3v) is 10.7. The van der Waals surface area contributed by atoms with Gasteiger partial charge in [0.15, 0.2) is 5.60 Å². The van der Waals surface area contributed by atoms with Crippen LogP contribution >= 0.6 is 0 Å². The monoisotopic (exact) mass is 356 g/mol. The molecule has 0 spiro atoms. The maximum absolute atomic E-state index is 11.1. The Morgan fingerprint density at radius 1 is 0.917 bits per heavy atom. The summed E-state index contributed by atoms with van der Waals surface area (Å²) < 4.78 is 9.84. The molecule has 0 aliphatic rings. The van der Waals surface area contributed by atoms with Gasteiger partial charge in [-0.15, -0.1) is 5.54 Å². The molecular formula is C18H32O5Si. The zero-order valence-corrected chi connectivity index (χ0v) is 17.2. The first-order valence-corrected chi connectivity index (χ1v) is 10.6. The molecule has 0 rings (SSSR count). The van der Waals surface area contributed by atoms with Crippen molar-refractivity contribution >= 4 is 20.0 Å². The van der Waals surface area contributed by atoms with E-state index < -0.39 is 25.6 Å². The number of aliphatic hydroxyl groups is 1. The predicted molar refractivity (Wildman–Crippen MR) is 97.0 cm³/mol. The van der Waals surface area contributed by atoms with Crippen molar-refractivity contribution in [2.24, 2.45) is 0 Å². The molecule has 0 aromatic heterocycles. The van der Waals surface area contributed by atoms with Gasteiger partial charge in [-0.1, -0.05) is 47.5 Å². The first kappa shape index (κ1) is 22.7. The van der Waals surface area contributed by atoms with E-state index in [0.717, 1.165) is 0 Å². The minimum Gasteiger partial charge on any atom is -0.462 e. The van der Waals surface area contributed by atoms with Crippen LogP contribution in [0.15, 0.2) is 0 Å². The van der Waals surface area contributed by atoms with Crippen molar-refractivity contribution in [3.63, 3.8) is 0 Å². The van der Waals surface area contributed by atoms with Gasteiger partial charge >= 0.3 is 11.9 Å². The third-order valence-electron chi connectivity index (χ3n) is 4.41. The lowest BCUT2D eigenvalue weighted by molar-refractivity contribution is -0.154. The standard InChI is InChI=1S/C18H32O5Si/c1-13(2)24(14(3)4,15(5)6)10-9-18(21,11-22-16(7)19)12-23-17(8)20/h13-15,21H,11-12H2,1-8H3. The van der Waals surface area contributed by atoms with Crippen LogP contribution in [0.1, 0.15) is 55.4 Å². The van der Waals surface area contributed by atoms with Crippen LogP contribution in [0.3, 0.4) is 0 Å². The van der Waals surface area contributed by atoms with Gasteiger partial charge < -0.3 is 14.6 Å². The van der Waals surface area contributed by atoms with Crippen molar-refractivity contribution in [3.05, 3.63) is 0 Å². The molecule has 6 heteroatoms. The summed E-state index contributed by atoms with van der Waals surface area (Å²) in [7, 11) is -2.05. The third kappa shape index (κ3) is 6.29. The van der Waals surface area contributed by atoms with Gasteiger partial charge in [0.1, 0.15) is 21.3 Å². The fourth-order valence-corrected chi connectivity index (χ4v) is 8.53. The Bertz CT molecular complexity index is 459. The molecular weight excluding hydrogens is 324 g/mol. The number of carbonyl (C=O) groups is 2. The van der Waals surface area contributed by atoms with E-state index in [2.05, 4.69) is 53.0 Å². The highest BCUT2D eigenvalue weighted by atomic mass is 28.3. The molecule has 0 unspecified atom stereocenters. The van der Waals surface area contributed by atoms with Gasteiger partial charge in [-0.2, -0.15) is 0 Å². The molecule has 5 nitrogen and oxygen atoms in total. The Balaban J connectivity index is 5.77. The van der Waals surface area contributed by atoms with E-state index in [4.69, 9.17) is 9.47 Å². The molecule has 0 saturated carbocycles. The van der Waals surface area contributed by atoms with Crippen LogP contribution in [-0.2, 0) is 19.1 Å². The number of ether oxygens (including phenoxy) is 2. The van der Waals surface area contributed by atoms with Crippen LogP contribution in [0.2, 0.25) is 16.6 Å². The van der Waals surface area contributed by atoms with E-state index in [1.165, 1.54) is 13.8 Å². The van der Waals surface area contributed by atoms with Crippen molar-refractivity contribution in [1.29, 1.82) is 0 Å². The lowest BCUT2D eigenvalue weighted by Crippen LogP contribution is -2.45. The molecule has 1 N–H and O–H groups in total. The van der Waals surface area contributed by atoms with Crippen LogP contribution < -0.4 is 0 Å². The highest BCUT2D eigenvalue weighted by Crippen LogP contribution is 2.40. The van der Waals surface area contributed by atoms with Gasteiger partial charge in [-0.25, -0.2) is 0 Å². The van der Waals surface area contributed by atoms with Gasteiger partial charge in [-0.05, 0) is 16.6 Å². The molecule has 0 aromatic rings. The van der Waals surface area contributed by atoms with Gasteiger partial charge in [0, 0.05) is 13.8 Å². The minimum absolute atomic E-state index is 0.318. The van der Waals surface area contributed by atoms with Crippen molar-refractivity contribution in [2.75, 3.05) is 13.2 Å². The quantitative estimate of drug-likeness (QED) is 0.431. The van der Waals surface area contributed by atoms with Gasteiger partial charge in [0.2, 0.25) is 0 Å². The van der Waals surface area contributed by atoms with Crippen LogP contribution in [0.5, 0.6) is 0 Å². The largest absolute Gasteiger partial charge is 0.462 e. The summed E-state index contributed by atoms with van der Waals surface area (Å²) in [4.78, 5) is 22.1. The highest BCUT2D eigenvalue weighted by molar-refractivity contribution is 6.90. The Morgan fingerprint density at radius 3 is 1.50 bits per heavy atom. The smallest absolute Gasteiger partial charge is 0.302 e. The summed E-state index contributed by atoms with van der Waals surface area (Å²) in [6.07, 6.45) is 0. The first-order chi connectivity index (χ1) is 10.9. The topological polar surface area (TPSA) is 72.8 Å². The van der Waals surface area contributed by atoms with Gasteiger partial charge in [0.25, 0.3) is 0 Å². The Morgan fingerprint density at radius 2 is 1.25 bits per heavy atom. The number of carbonyl (C=O) groups excluding carboxylic acids is 2. The zero-order valence-electron chi connectivity index (χ0n) is 16.2. The van der Waals surface area contributed by atoms with E-state index >= 15 is 0 Å². The molecule has 24 heavy (non-hydrogen) atoms. The summed E-state index contributed by atoms with van der Waals surface area (Å²) >= 11 is 0. The summed E-state index contributed by atoms with van der Waals surface area (Å²) in [5.74, 6) is 1.87. The molecule has 0 amide bonds. The molecule has 0 atom stereocenters. The Hall–Kier alpha value is -1.32. The molecule has 0 aromatic carbocycles. The van der Waals surface area contributed by atoms with E-state index in [1.54, 1.807) is 0 Å². The zero-order chi connectivity index (χ0) is 19.1. The number of rotatable bonds is 7. The molecule has 0 bridgehead atoms. The summed E-state index contributed by atoms with van der Waals surface area (Å²) in [5, 5.41) is 10.7. The highest BCUT2D eigenvalue weighted by Gasteiger charge is 2.42. The molecule has 0 radical (unpaired) electrons. The van der Waals surface area contributed by atoms with E-state index in [0.29, 0.717) is 16.6 Å². The SMILES string of the molecule is CC(=O)OCC(O)(C#C[Si](C(C)C)(C(C)C)C(C)C)COC(C)=O. The van der Waals surface area contributed by atoms with Crippen molar-refractivity contribution in [1.82, 2.24) is 0 Å². The van der Waals surface area contributed by atoms with E-state index in [-0.39, 0.29) is 13.2 Å². The maximum Gasteiger partial charge on any atom is 0.302 e.